The van der Waals surface area contributed by atoms with Crippen LogP contribution < -0.4 is 15.6 Å². The second-order valence-corrected chi connectivity index (χ2v) is 4.16. The molecule has 0 unspecified atom stereocenters. The van der Waals surface area contributed by atoms with Crippen molar-refractivity contribution in [1.29, 1.82) is 0 Å². The predicted molar refractivity (Wildman–Crippen MR) is 68.1 cm³/mol. The Hall–Kier alpha value is -2.69. The molecule has 0 aliphatic heterocycles. The van der Waals surface area contributed by atoms with E-state index in [1.54, 1.807) is 24.3 Å². The van der Waals surface area contributed by atoms with E-state index in [-0.39, 0.29) is 22.6 Å². The van der Waals surface area contributed by atoms with Gasteiger partial charge in [-0.1, -0.05) is 24.3 Å². The van der Waals surface area contributed by atoms with E-state index in [9.17, 15) is 19.5 Å². The average Bonchev–Trinajstić information content (AvgIpc) is 2.68. The minimum atomic E-state index is -0.806. The van der Waals surface area contributed by atoms with E-state index < -0.39 is 16.6 Å². The predicted octanol–water partition coefficient (Wildman–Crippen LogP) is 0.914. The fourth-order valence-electron chi connectivity index (χ4n) is 2.29. The zero-order valence-electron chi connectivity index (χ0n) is 9.89. The molecule has 1 N–H and O–H groups in total. The molecule has 5 heteroatoms. The fraction of sp³-hybridized carbons (Fsp3) is 0.0714. The Morgan fingerprint density at radius 1 is 1.00 bits per heavy atom. The summed E-state index contributed by atoms with van der Waals surface area (Å²) >= 11 is 0. The molecule has 0 bridgehead atoms. The van der Waals surface area contributed by atoms with Crippen molar-refractivity contribution in [2.24, 2.45) is 0 Å². The number of ether oxygens (including phenoxy) is 1. The number of fused-ring (bicyclic) bond motifs is 1. The quantitative estimate of drug-likeness (QED) is 0.808. The van der Waals surface area contributed by atoms with Gasteiger partial charge < -0.3 is 9.84 Å². The van der Waals surface area contributed by atoms with Crippen molar-refractivity contribution < 1.29 is 14.6 Å². The molecule has 0 heterocycles. The molecule has 5 nitrogen and oxygen atoms in total. The van der Waals surface area contributed by atoms with Gasteiger partial charge in [0.2, 0.25) is 5.43 Å². The smallest absolute Gasteiger partial charge is 0.268 e. The molecule has 3 rings (SSSR count). The number of methoxy groups -OCH3 is 1. The summed E-state index contributed by atoms with van der Waals surface area (Å²) < 4.78 is 4.80. The van der Waals surface area contributed by atoms with Crippen LogP contribution in [0.25, 0.3) is 11.3 Å². The average molecular weight is 256 g/mol. The summed E-state index contributed by atoms with van der Waals surface area (Å²) in [6.07, 6.45) is 0. The largest absolute Gasteiger partial charge is 0.506 e. The number of hydrogen-bond donors (Lipinski definition) is 1. The number of rotatable bonds is 2. The highest BCUT2D eigenvalue weighted by molar-refractivity contribution is 6.39. The standard InChI is InChI=1S/C14H8O5/c1-19-14-9(12(17)13(14)18)8-10(15)6-4-2-3-5-7(6)11(8)16/h2-5,15H,1H3. The Bertz CT molecular complexity index is 819. The van der Waals surface area contributed by atoms with Crippen LogP contribution in [-0.4, -0.2) is 18.0 Å². The minimum absolute atomic E-state index is 0.133. The van der Waals surface area contributed by atoms with E-state index in [1.807, 2.05) is 0 Å². The summed E-state index contributed by atoms with van der Waals surface area (Å²) in [7, 11) is 1.24. The van der Waals surface area contributed by atoms with Crippen molar-refractivity contribution in [2.75, 3.05) is 7.11 Å². The van der Waals surface area contributed by atoms with Crippen molar-refractivity contribution >= 4 is 17.1 Å². The molecule has 0 atom stereocenters. The lowest BCUT2D eigenvalue weighted by Gasteiger charge is -2.09. The van der Waals surface area contributed by atoms with Crippen LogP contribution in [0.15, 0.2) is 33.9 Å². The molecule has 2 aromatic rings. The number of allylic oxidation sites excluding steroid dienone is 1. The molecule has 19 heavy (non-hydrogen) atoms. The fourth-order valence-corrected chi connectivity index (χ4v) is 2.29. The summed E-state index contributed by atoms with van der Waals surface area (Å²) in [4.78, 5) is 35.1. The van der Waals surface area contributed by atoms with Gasteiger partial charge in [0.05, 0.1) is 18.2 Å². The first-order chi connectivity index (χ1) is 9.07. The lowest BCUT2D eigenvalue weighted by atomic mass is 9.97. The van der Waals surface area contributed by atoms with Gasteiger partial charge in [0.15, 0.2) is 11.5 Å². The highest BCUT2D eigenvalue weighted by Crippen LogP contribution is 2.38. The topological polar surface area (TPSA) is 80.7 Å². The minimum Gasteiger partial charge on any atom is -0.506 e. The number of Topliss-reactive ketones (excluding diaryl/α,β-unsaturated/α-hetero) is 1. The van der Waals surface area contributed by atoms with Gasteiger partial charge >= 0.3 is 0 Å². The molecule has 0 spiro atoms. The molecule has 94 valence electrons. The number of ketones is 1. The summed E-state index contributed by atoms with van der Waals surface area (Å²) in [5, 5.41) is 10.1. The Balaban J connectivity index is 2.27. The second-order valence-electron chi connectivity index (χ2n) is 4.16. The number of carbonyl (C=O) groups is 1. The first-order valence-electron chi connectivity index (χ1n) is 5.53. The van der Waals surface area contributed by atoms with E-state index in [2.05, 4.69) is 0 Å². The summed E-state index contributed by atoms with van der Waals surface area (Å²) in [6.45, 7) is 0. The van der Waals surface area contributed by atoms with Crippen molar-refractivity contribution in [3.05, 3.63) is 61.4 Å². The van der Waals surface area contributed by atoms with Gasteiger partial charge in [0.1, 0.15) is 5.76 Å². The number of carbonyl (C=O) groups excluding carboxylic acids is 1. The van der Waals surface area contributed by atoms with Crippen molar-refractivity contribution in [3.63, 3.8) is 0 Å². The number of aliphatic hydroxyl groups is 1. The zero-order chi connectivity index (χ0) is 13.7. The number of hydrogen-bond acceptors (Lipinski definition) is 5. The molecule has 0 radical (unpaired) electrons. The molecule has 2 aromatic carbocycles. The van der Waals surface area contributed by atoms with Gasteiger partial charge in [0, 0.05) is 11.1 Å². The highest BCUT2D eigenvalue weighted by Gasteiger charge is 2.37. The van der Waals surface area contributed by atoms with Gasteiger partial charge in [-0.3, -0.25) is 14.4 Å². The van der Waals surface area contributed by atoms with Gasteiger partial charge in [-0.2, -0.15) is 0 Å². The van der Waals surface area contributed by atoms with E-state index >= 15 is 0 Å². The summed E-state index contributed by atoms with van der Waals surface area (Å²) in [5.74, 6) is -0.933. The molecule has 0 aromatic heterocycles. The maximum atomic E-state index is 12.2. The second kappa shape index (κ2) is 3.65. The Kier molecular flexibility index (Phi) is 2.19. The van der Waals surface area contributed by atoms with Crippen LogP contribution in [0.1, 0.15) is 21.5 Å². The monoisotopic (exact) mass is 256 g/mol. The Morgan fingerprint density at radius 3 is 2.21 bits per heavy atom. The summed E-state index contributed by atoms with van der Waals surface area (Å²) in [5.41, 5.74) is -1.20. The van der Waals surface area contributed by atoms with E-state index in [1.165, 1.54) is 7.11 Å². The Morgan fingerprint density at radius 2 is 1.63 bits per heavy atom. The number of benzene rings is 1. The van der Waals surface area contributed by atoms with E-state index in [0.29, 0.717) is 11.1 Å². The van der Waals surface area contributed by atoms with E-state index in [0.717, 1.165) is 0 Å². The molecule has 0 amide bonds. The van der Waals surface area contributed by atoms with Crippen LogP contribution in [-0.2, 0) is 0 Å². The molecular formula is C14H8O5. The van der Waals surface area contributed by atoms with Gasteiger partial charge in [-0.15, -0.1) is 0 Å². The maximum Gasteiger partial charge on any atom is 0.268 e. The molecule has 0 saturated heterocycles. The first kappa shape index (κ1) is 11.4. The van der Waals surface area contributed by atoms with Gasteiger partial charge in [0.25, 0.3) is 5.43 Å². The normalized spacial score (nSPS) is 14.1. The molecule has 0 saturated carbocycles. The third-order valence-electron chi connectivity index (χ3n) is 3.21. The molecular weight excluding hydrogens is 248 g/mol. The Labute approximate surface area is 107 Å². The highest BCUT2D eigenvalue weighted by atomic mass is 16.5. The van der Waals surface area contributed by atoms with Gasteiger partial charge in [-0.25, -0.2) is 0 Å². The van der Waals surface area contributed by atoms with E-state index in [4.69, 9.17) is 4.74 Å². The zero-order valence-corrected chi connectivity index (χ0v) is 9.89. The van der Waals surface area contributed by atoms with Crippen molar-refractivity contribution in [2.45, 2.75) is 0 Å². The van der Waals surface area contributed by atoms with Gasteiger partial charge in [-0.05, 0) is 0 Å². The maximum absolute atomic E-state index is 12.2. The molecule has 0 fully saturated rings. The first-order valence-corrected chi connectivity index (χ1v) is 5.53. The van der Waals surface area contributed by atoms with Crippen LogP contribution in [0.3, 0.4) is 0 Å². The number of aliphatic hydroxyl groups excluding tert-OH is 1. The SMILES string of the molecule is COc1c(C2=C(O)c3ccccc3C2=O)c(=O)c1=O. The lowest BCUT2D eigenvalue weighted by Crippen LogP contribution is -2.36. The van der Waals surface area contributed by atoms with Crippen molar-refractivity contribution in [3.8, 4) is 5.75 Å². The van der Waals surface area contributed by atoms with Crippen LogP contribution >= 0.6 is 0 Å². The van der Waals surface area contributed by atoms with Crippen LogP contribution in [0.2, 0.25) is 0 Å². The molecule has 1 aliphatic rings. The van der Waals surface area contributed by atoms with Crippen LogP contribution in [0.4, 0.5) is 0 Å². The van der Waals surface area contributed by atoms with Crippen LogP contribution in [0.5, 0.6) is 5.75 Å². The lowest BCUT2D eigenvalue weighted by molar-refractivity contribution is 0.105. The third-order valence-corrected chi connectivity index (χ3v) is 3.21. The third kappa shape index (κ3) is 1.26. The summed E-state index contributed by atoms with van der Waals surface area (Å²) in [6, 6.07) is 6.46. The van der Waals surface area contributed by atoms with Crippen LogP contribution in [0, 0.1) is 0 Å². The van der Waals surface area contributed by atoms with Crippen molar-refractivity contribution in [1.82, 2.24) is 0 Å². The molecule has 1 aliphatic carbocycles.